The molecule has 0 unspecified atom stereocenters. The minimum absolute atomic E-state index is 0.185. The predicted octanol–water partition coefficient (Wildman–Crippen LogP) is 2.55. The van der Waals surface area contributed by atoms with E-state index in [1.165, 1.54) is 0 Å². The molecular weight excluding hydrogens is 238 g/mol. The highest BCUT2D eigenvalue weighted by Gasteiger charge is 2.40. The maximum atomic E-state index is 12.2. The first kappa shape index (κ1) is 13.8. The molecule has 1 heterocycles. The van der Waals surface area contributed by atoms with E-state index in [0.717, 1.165) is 18.4 Å². The number of Topliss-reactive ketones (excluding diaryl/α,β-unsaturated/α-hetero) is 1. The van der Waals surface area contributed by atoms with Crippen molar-refractivity contribution in [2.24, 2.45) is 0 Å². The van der Waals surface area contributed by atoms with Crippen molar-refractivity contribution >= 4 is 11.7 Å². The van der Waals surface area contributed by atoms with E-state index in [1.54, 1.807) is 6.92 Å². The van der Waals surface area contributed by atoms with E-state index >= 15 is 0 Å². The predicted molar refractivity (Wildman–Crippen MR) is 74.9 cm³/mol. The highest BCUT2D eigenvalue weighted by atomic mass is 16.2. The van der Waals surface area contributed by atoms with Gasteiger partial charge in [0.15, 0.2) is 0 Å². The fraction of sp³-hybridized carbons (Fsp3) is 0.500. The molecule has 0 N–H and O–H groups in total. The number of amides is 1. The smallest absolute Gasteiger partial charge is 0.222 e. The van der Waals surface area contributed by atoms with Gasteiger partial charge in [0.1, 0.15) is 5.78 Å². The molecule has 1 fully saturated rings. The molecule has 1 aromatic carbocycles. The van der Waals surface area contributed by atoms with Crippen molar-refractivity contribution in [2.75, 3.05) is 13.1 Å². The summed E-state index contributed by atoms with van der Waals surface area (Å²) >= 11 is 0. The van der Waals surface area contributed by atoms with Crippen molar-refractivity contribution in [1.82, 2.24) is 4.90 Å². The lowest BCUT2D eigenvalue weighted by atomic mass is 9.70. The highest BCUT2D eigenvalue weighted by Crippen LogP contribution is 2.36. The number of carbonyl (C=O) groups excluding carboxylic acids is 2. The van der Waals surface area contributed by atoms with Crippen LogP contribution in [0.5, 0.6) is 0 Å². The number of hydrogen-bond donors (Lipinski definition) is 0. The summed E-state index contributed by atoms with van der Waals surface area (Å²) in [5, 5.41) is 0. The van der Waals surface area contributed by atoms with E-state index in [4.69, 9.17) is 0 Å². The first-order chi connectivity index (χ1) is 9.10. The van der Waals surface area contributed by atoms with Crippen LogP contribution in [0.15, 0.2) is 30.3 Å². The Bertz CT molecular complexity index is 459. The van der Waals surface area contributed by atoms with Crippen LogP contribution in [-0.4, -0.2) is 29.7 Å². The highest BCUT2D eigenvalue weighted by molar-refractivity contribution is 5.88. The Balaban J connectivity index is 2.22. The van der Waals surface area contributed by atoms with Gasteiger partial charge in [0.2, 0.25) is 5.91 Å². The molecule has 102 valence electrons. The van der Waals surface area contributed by atoms with Gasteiger partial charge in [-0.15, -0.1) is 0 Å². The molecule has 0 aromatic heterocycles. The molecule has 1 amide bonds. The molecule has 1 aliphatic heterocycles. The van der Waals surface area contributed by atoms with E-state index < -0.39 is 5.41 Å². The summed E-state index contributed by atoms with van der Waals surface area (Å²) < 4.78 is 0. The molecule has 3 nitrogen and oxygen atoms in total. The van der Waals surface area contributed by atoms with E-state index in [0.29, 0.717) is 19.5 Å². The zero-order valence-electron chi connectivity index (χ0n) is 11.7. The maximum absolute atomic E-state index is 12.2. The van der Waals surface area contributed by atoms with Gasteiger partial charge in [0.05, 0.1) is 5.41 Å². The second kappa shape index (κ2) is 5.55. The van der Waals surface area contributed by atoms with Gasteiger partial charge in [-0.05, 0) is 25.3 Å². The molecular formula is C16H21NO2. The van der Waals surface area contributed by atoms with E-state index in [9.17, 15) is 9.59 Å². The second-order valence-corrected chi connectivity index (χ2v) is 5.24. The first-order valence-electron chi connectivity index (χ1n) is 6.94. The van der Waals surface area contributed by atoms with Crippen molar-refractivity contribution in [3.63, 3.8) is 0 Å². The van der Waals surface area contributed by atoms with Crippen molar-refractivity contribution in [1.29, 1.82) is 0 Å². The monoisotopic (exact) mass is 259 g/mol. The fourth-order valence-corrected chi connectivity index (χ4v) is 2.96. The minimum atomic E-state index is -0.397. The summed E-state index contributed by atoms with van der Waals surface area (Å²) in [7, 11) is 0. The first-order valence-corrected chi connectivity index (χ1v) is 6.94. The molecule has 2 rings (SSSR count). The molecule has 19 heavy (non-hydrogen) atoms. The van der Waals surface area contributed by atoms with Gasteiger partial charge in [0, 0.05) is 19.5 Å². The van der Waals surface area contributed by atoms with Crippen LogP contribution in [0.2, 0.25) is 0 Å². The number of benzene rings is 1. The van der Waals surface area contributed by atoms with E-state index in [2.05, 4.69) is 0 Å². The van der Waals surface area contributed by atoms with Crippen LogP contribution in [-0.2, 0) is 15.0 Å². The topological polar surface area (TPSA) is 37.4 Å². The lowest BCUT2D eigenvalue weighted by molar-refractivity contribution is -0.135. The SMILES string of the molecule is CCC(=O)N1CCC(C(C)=O)(c2ccccc2)CC1. The molecule has 0 bridgehead atoms. The van der Waals surface area contributed by atoms with Crippen molar-refractivity contribution < 1.29 is 9.59 Å². The molecule has 1 aromatic rings. The van der Waals surface area contributed by atoms with Gasteiger partial charge >= 0.3 is 0 Å². The Morgan fingerprint density at radius 2 is 1.74 bits per heavy atom. The van der Waals surface area contributed by atoms with Crippen molar-refractivity contribution in [3.05, 3.63) is 35.9 Å². The Morgan fingerprint density at radius 1 is 1.16 bits per heavy atom. The summed E-state index contributed by atoms with van der Waals surface area (Å²) in [5.41, 5.74) is 0.692. The van der Waals surface area contributed by atoms with E-state index in [-0.39, 0.29) is 11.7 Å². The normalized spacial score (nSPS) is 18.1. The number of likely N-dealkylation sites (tertiary alicyclic amines) is 1. The number of hydrogen-bond acceptors (Lipinski definition) is 2. The lowest BCUT2D eigenvalue weighted by Gasteiger charge is -2.40. The quantitative estimate of drug-likeness (QED) is 0.836. The third-order valence-electron chi connectivity index (χ3n) is 4.27. The lowest BCUT2D eigenvalue weighted by Crippen LogP contribution is -2.48. The standard InChI is InChI=1S/C16H21NO2/c1-3-15(19)17-11-9-16(10-12-17,13(2)18)14-7-5-4-6-8-14/h4-8H,3,9-12H2,1-2H3. The Hall–Kier alpha value is -1.64. The van der Waals surface area contributed by atoms with Gasteiger partial charge in [0.25, 0.3) is 0 Å². The second-order valence-electron chi connectivity index (χ2n) is 5.24. The maximum Gasteiger partial charge on any atom is 0.222 e. The van der Waals surface area contributed by atoms with Crippen molar-refractivity contribution in [2.45, 2.75) is 38.5 Å². The Morgan fingerprint density at radius 3 is 2.21 bits per heavy atom. The number of piperidine rings is 1. The average molecular weight is 259 g/mol. The number of carbonyl (C=O) groups is 2. The number of ketones is 1. The van der Waals surface area contributed by atoms with Crippen LogP contribution in [0.3, 0.4) is 0 Å². The van der Waals surface area contributed by atoms with Gasteiger partial charge in [-0.2, -0.15) is 0 Å². The summed E-state index contributed by atoms with van der Waals surface area (Å²) in [6.45, 7) is 4.92. The van der Waals surface area contributed by atoms with Crippen LogP contribution >= 0.6 is 0 Å². The Labute approximate surface area is 114 Å². The van der Waals surface area contributed by atoms with Crippen LogP contribution in [0.4, 0.5) is 0 Å². The molecule has 3 heteroatoms. The van der Waals surface area contributed by atoms with Crippen molar-refractivity contribution in [3.8, 4) is 0 Å². The zero-order chi connectivity index (χ0) is 13.9. The van der Waals surface area contributed by atoms with Crippen LogP contribution in [0, 0.1) is 0 Å². The molecule has 1 saturated heterocycles. The summed E-state index contributed by atoms with van der Waals surface area (Å²) in [6, 6.07) is 9.97. The summed E-state index contributed by atoms with van der Waals surface area (Å²) in [4.78, 5) is 25.8. The number of nitrogens with zero attached hydrogens (tertiary/aromatic N) is 1. The molecule has 0 aliphatic carbocycles. The largest absolute Gasteiger partial charge is 0.343 e. The summed E-state index contributed by atoms with van der Waals surface area (Å²) in [6.07, 6.45) is 2.01. The molecule has 1 aliphatic rings. The van der Waals surface area contributed by atoms with Crippen LogP contribution in [0.1, 0.15) is 38.7 Å². The summed E-state index contributed by atoms with van der Waals surface area (Å²) in [5.74, 6) is 0.396. The molecule has 0 saturated carbocycles. The molecule has 0 atom stereocenters. The van der Waals surface area contributed by atoms with Gasteiger partial charge in [-0.1, -0.05) is 37.3 Å². The average Bonchev–Trinajstić information content (AvgIpc) is 2.47. The van der Waals surface area contributed by atoms with Crippen LogP contribution in [0.25, 0.3) is 0 Å². The van der Waals surface area contributed by atoms with Gasteiger partial charge in [-0.25, -0.2) is 0 Å². The minimum Gasteiger partial charge on any atom is -0.343 e. The van der Waals surface area contributed by atoms with Gasteiger partial charge < -0.3 is 4.90 Å². The molecule has 0 radical (unpaired) electrons. The zero-order valence-corrected chi connectivity index (χ0v) is 11.7. The van der Waals surface area contributed by atoms with E-state index in [1.807, 2.05) is 42.2 Å². The number of rotatable bonds is 3. The fourth-order valence-electron chi connectivity index (χ4n) is 2.96. The van der Waals surface area contributed by atoms with Gasteiger partial charge in [-0.3, -0.25) is 9.59 Å². The van der Waals surface area contributed by atoms with Crippen LogP contribution < -0.4 is 0 Å². The third kappa shape index (κ3) is 2.55. The Kier molecular flexibility index (Phi) is 4.03. The molecule has 0 spiro atoms. The third-order valence-corrected chi connectivity index (χ3v) is 4.27.